The predicted octanol–water partition coefficient (Wildman–Crippen LogP) is 4.00. The first-order valence-corrected chi connectivity index (χ1v) is 7.15. The maximum Gasteiger partial charge on any atom is 0.341 e. The molecule has 0 aliphatic carbocycles. The average molecular weight is 384 g/mol. The number of carboxylic acid groups (broad SMARTS) is 1. The molecule has 0 atom stereocenters. The molecule has 5 nitrogen and oxygen atoms in total. The van der Waals surface area contributed by atoms with Crippen molar-refractivity contribution in [3.05, 3.63) is 46.4 Å². The van der Waals surface area contributed by atoms with Crippen LogP contribution in [0.3, 0.4) is 0 Å². The summed E-state index contributed by atoms with van der Waals surface area (Å²) in [7, 11) is 0. The molecular formula is C15H8BrF2NO4. The fourth-order valence-electron chi connectivity index (χ4n) is 2.09. The lowest BCUT2D eigenvalue weighted by Gasteiger charge is -2.05. The van der Waals surface area contributed by atoms with Gasteiger partial charge in [-0.2, -0.15) is 0 Å². The Kier molecular flexibility index (Phi) is 3.99. The van der Waals surface area contributed by atoms with E-state index in [2.05, 4.69) is 21.1 Å². The smallest absolute Gasteiger partial charge is 0.341 e. The highest BCUT2D eigenvalue weighted by molar-refractivity contribution is 9.10. The van der Waals surface area contributed by atoms with Gasteiger partial charge in [0.1, 0.15) is 15.9 Å². The molecular weight excluding hydrogens is 376 g/mol. The molecule has 1 heterocycles. The first-order valence-electron chi connectivity index (χ1n) is 6.36. The molecule has 0 saturated carbocycles. The number of fused-ring (bicyclic) bond motifs is 1. The van der Waals surface area contributed by atoms with Crippen LogP contribution in [0.2, 0.25) is 0 Å². The van der Waals surface area contributed by atoms with E-state index < -0.39 is 24.2 Å². The molecule has 0 fully saturated rings. The molecule has 118 valence electrons. The van der Waals surface area contributed by atoms with Gasteiger partial charge in [-0.15, -0.1) is 0 Å². The van der Waals surface area contributed by atoms with Crippen molar-refractivity contribution in [2.75, 3.05) is 6.61 Å². The Bertz CT molecular complexity index is 910. The highest BCUT2D eigenvalue weighted by Crippen LogP contribution is 2.38. The van der Waals surface area contributed by atoms with Gasteiger partial charge in [-0.3, -0.25) is 0 Å². The summed E-state index contributed by atoms with van der Waals surface area (Å²) in [6.07, 6.45) is 0. The number of carbonyl (C=O) groups is 1. The Labute approximate surface area is 136 Å². The molecule has 1 N–H and O–H groups in total. The van der Waals surface area contributed by atoms with Crippen molar-refractivity contribution in [3.63, 3.8) is 0 Å². The van der Waals surface area contributed by atoms with Crippen LogP contribution in [-0.2, 0) is 4.79 Å². The molecule has 23 heavy (non-hydrogen) atoms. The molecule has 0 radical (unpaired) electrons. The van der Waals surface area contributed by atoms with Gasteiger partial charge in [0.2, 0.25) is 0 Å². The maximum absolute atomic E-state index is 13.9. The second kappa shape index (κ2) is 5.96. The van der Waals surface area contributed by atoms with Crippen molar-refractivity contribution in [1.82, 2.24) is 5.16 Å². The first-order chi connectivity index (χ1) is 11.0. The molecule has 0 spiro atoms. The summed E-state index contributed by atoms with van der Waals surface area (Å²) in [5.41, 5.74) is 0.351. The van der Waals surface area contributed by atoms with Crippen molar-refractivity contribution in [2.24, 2.45) is 0 Å². The molecule has 3 rings (SSSR count). The predicted molar refractivity (Wildman–Crippen MR) is 80.2 cm³/mol. The monoisotopic (exact) mass is 383 g/mol. The van der Waals surface area contributed by atoms with Crippen molar-refractivity contribution in [2.45, 2.75) is 0 Å². The third-order valence-electron chi connectivity index (χ3n) is 3.10. The Morgan fingerprint density at radius 3 is 2.83 bits per heavy atom. The summed E-state index contributed by atoms with van der Waals surface area (Å²) < 4.78 is 37.9. The van der Waals surface area contributed by atoms with Crippen LogP contribution in [0.4, 0.5) is 8.78 Å². The third kappa shape index (κ3) is 2.77. The molecule has 3 aromatic rings. The molecule has 2 aromatic carbocycles. The molecule has 8 heteroatoms. The zero-order chi connectivity index (χ0) is 16.6. The SMILES string of the molecule is O=C(O)COc1ccc2c(-c3cccc(F)c3F)noc2c1Br. The number of nitrogens with zero attached hydrogens (tertiary/aromatic N) is 1. The fraction of sp³-hybridized carbons (Fsp3) is 0.0667. The molecule has 0 amide bonds. The van der Waals surface area contributed by atoms with Crippen LogP contribution in [-0.4, -0.2) is 22.8 Å². The van der Waals surface area contributed by atoms with Gasteiger partial charge >= 0.3 is 5.97 Å². The Morgan fingerprint density at radius 2 is 2.09 bits per heavy atom. The number of carboxylic acids is 1. The van der Waals surface area contributed by atoms with E-state index in [0.29, 0.717) is 9.86 Å². The number of aromatic nitrogens is 1. The van der Waals surface area contributed by atoms with E-state index in [9.17, 15) is 13.6 Å². The maximum atomic E-state index is 13.9. The van der Waals surface area contributed by atoms with Crippen LogP contribution in [0.25, 0.3) is 22.2 Å². The number of rotatable bonds is 4. The normalized spacial score (nSPS) is 10.9. The highest BCUT2D eigenvalue weighted by Gasteiger charge is 2.20. The quantitative estimate of drug-likeness (QED) is 0.736. The van der Waals surface area contributed by atoms with Crippen LogP contribution in [0.1, 0.15) is 0 Å². The van der Waals surface area contributed by atoms with Gasteiger partial charge in [-0.25, -0.2) is 13.6 Å². The van der Waals surface area contributed by atoms with Gasteiger partial charge in [0.05, 0.1) is 5.39 Å². The lowest BCUT2D eigenvalue weighted by molar-refractivity contribution is -0.139. The van der Waals surface area contributed by atoms with Crippen LogP contribution in [0.5, 0.6) is 5.75 Å². The number of ether oxygens (including phenoxy) is 1. The number of halogens is 3. The number of hydrogen-bond donors (Lipinski definition) is 1. The van der Waals surface area contributed by atoms with Crippen LogP contribution >= 0.6 is 15.9 Å². The van der Waals surface area contributed by atoms with Crippen molar-refractivity contribution < 1.29 is 27.9 Å². The van der Waals surface area contributed by atoms with E-state index in [1.54, 1.807) is 0 Å². The first kappa shape index (κ1) is 15.4. The second-order valence-electron chi connectivity index (χ2n) is 4.57. The van der Waals surface area contributed by atoms with E-state index in [4.69, 9.17) is 14.4 Å². The topological polar surface area (TPSA) is 72.6 Å². The third-order valence-corrected chi connectivity index (χ3v) is 3.85. The van der Waals surface area contributed by atoms with Gasteiger partial charge in [-0.1, -0.05) is 11.2 Å². The molecule has 0 aliphatic heterocycles. The van der Waals surface area contributed by atoms with Gasteiger partial charge in [-0.05, 0) is 40.2 Å². The zero-order valence-corrected chi connectivity index (χ0v) is 12.9. The summed E-state index contributed by atoms with van der Waals surface area (Å²) >= 11 is 3.23. The van der Waals surface area contributed by atoms with Crippen LogP contribution < -0.4 is 4.74 Å². The van der Waals surface area contributed by atoms with Crippen molar-refractivity contribution >= 4 is 32.9 Å². The largest absolute Gasteiger partial charge is 0.481 e. The van der Waals surface area contributed by atoms with Crippen molar-refractivity contribution in [1.29, 1.82) is 0 Å². The van der Waals surface area contributed by atoms with E-state index in [0.717, 1.165) is 6.07 Å². The zero-order valence-electron chi connectivity index (χ0n) is 11.3. The molecule has 0 bridgehead atoms. The molecule has 0 unspecified atom stereocenters. The van der Waals surface area contributed by atoms with Crippen LogP contribution in [0.15, 0.2) is 39.3 Å². The van der Waals surface area contributed by atoms with Crippen LogP contribution in [0, 0.1) is 11.6 Å². The fourth-order valence-corrected chi connectivity index (χ4v) is 2.62. The second-order valence-corrected chi connectivity index (χ2v) is 5.36. The Hall–Kier alpha value is -2.48. The minimum Gasteiger partial charge on any atom is -0.481 e. The number of aliphatic carboxylic acids is 1. The van der Waals surface area contributed by atoms with E-state index in [1.165, 1.54) is 24.3 Å². The standard InChI is InChI=1S/C15H8BrF2NO4/c16-12-10(22-6-11(20)21)5-4-8-14(19-23-15(8)12)7-2-1-3-9(17)13(7)18/h1-5H,6H2,(H,20,21). The average Bonchev–Trinajstić information content (AvgIpc) is 2.94. The van der Waals surface area contributed by atoms with Gasteiger partial charge in [0, 0.05) is 5.56 Å². The number of hydrogen-bond acceptors (Lipinski definition) is 4. The van der Waals surface area contributed by atoms with Gasteiger partial charge < -0.3 is 14.4 Å². The minimum absolute atomic E-state index is 0.0325. The summed E-state index contributed by atoms with van der Waals surface area (Å²) in [5.74, 6) is -2.90. The van der Waals surface area contributed by atoms with Crippen molar-refractivity contribution in [3.8, 4) is 17.0 Å². The Morgan fingerprint density at radius 1 is 1.30 bits per heavy atom. The van der Waals surface area contributed by atoms with E-state index in [-0.39, 0.29) is 22.6 Å². The summed E-state index contributed by atoms with van der Waals surface area (Å²) in [6.45, 7) is -0.524. The van der Waals surface area contributed by atoms with E-state index >= 15 is 0 Å². The Balaban J connectivity index is 2.10. The highest BCUT2D eigenvalue weighted by atomic mass is 79.9. The summed E-state index contributed by atoms with van der Waals surface area (Å²) in [6, 6.07) is 6.79. The lowest BCUT2D eigenvalue weighted by Crippen LogP contribution is -2.09. The summed E-state index contributed by atoms with van der Waals surface area (Å²) in [4.78, 5) is 10.6. The molecule has 0 saturated heterocycles. The summed E-state index contributed by atoms with van der Waals surface area (Å²) in [5, 5.41) is 12.9. The van der Waals surface area contributed by atoms with E-state index in [1.807, 2.05) is 0 Å². The lowest BCUT2D eigenvalue weighted by atomic mass is 10.1. The number of benzene rings is 2. The molecule has 0 aliphatic rings. The van der Waals surface area contributed by atoms with Gasteiger partial charge in [0.25, 0.3) is 0 Å². The van der Waals surface area contributed by atoms with Gasteiger partial charge in [0.15, 0.2) is 23.8 Å². The minimum atomic E-state index is -1.13. The molecule has 1 aromatic heterocycles.